The molecule has 0 aliphatic carbocycles. The van der Waals surface area contributed by atoms with Crippen molar-refractivity contribution in [1.29, 1.82) is 0 Å². The van der Waals surface area contributed by atoms with E-state index in [-0.39, 0.29) is 17.9 Å². The van der Waals surface area contributed by atoms with Gasteiger partial charge < -0.3 is 28.8 Å². The summed E-state index contributed by atoms with van der Waals surface area (Å²) < 4.78 is 26.8. The van der Waals surface area contributed by atoms with Gasteiger partial charge in [0.1, 0.15) is 11.5 Å². The van der Waals surface area contributed by atoms with Crippen LogP contribution in [-0.4, -0.2) is 51.6 Å². The first-order valence-electron chi connectivity index (χ1n) is 8.66. The molecule has 1 N–H and O–H groups in total. The number of nitrogens with zero attached hydrogens (tertiary/aromatic N) is 1. The molecule has 2 atom stereocenters. The molecular formula is C19H24N2O6. The van der Waals surface area contributed by atoms with Crippen molar-refractivity contribution < 1.29 is 28.3 Å². The zero-order valence-electron chi connectivity index (χ0n) is 15.9. The molecule has 2 heterocycles. The average molecular weight is 376 g/mol. The van der Waals surface area contributed by atoms with Gasteiger partial charge in [-0.15, -0.1) is 0 Å². The van der Waals surface area contributed by atoms with Gasteiger partial charge in [-0.1, -0.05) is 5.16 Å². The Morgan fingerprint density at radius 2 is 1.81 bits per heavy atom. The summed E-state index contributed by atoms with van der Waals surface area (Å²) in [5, 5.41) is 6.94. The Labute approximate surface area is 157 Å². The number of benzene rings is 1. The number of amides is 1. The predicted molar refractivity (Wildman–Crippen MR) is 96.6 cm³/mol. The number of aromatic nitrogens is 1. The van der Waals surface area contributed by atoms with Crippen LogP contribution in [0.1, 0.15) is 21.8 Å². The number of hydrogen-bond acceptors (Lipinski definition) is 7. The third kappa shape index (κ3) is 4.16. The minimum absolute atomic E-state index is 0.104. The lowest BCUT2D eigenvalue weighted by molar-refractivity contribution is 0.0921. The molecule has 1 amide bonds. The highest BCUT2D eigenvalue weighted by Gasteiger charge is 2.32. The Morgan fingerprint density at radius 3 is 2.44 bits per heavy atom. The molecular weight excluding hydrogens is 352 g/mol. The van der Waals surface area contributed by atoms with E-state index in [1.807, 2.05) is 13.0 Å². The van der Waals surface area contributed by atoms with E-state index in [0.717, 1.165) is 11.5 Å². The van der Waals surface area contributed by atoms with Gasteiger partial charge in [0.2, 0.25) is 0 Å². The van der Waals surface area contributed by atoms with Gasteiger partial charge in [-0.05, 0) is 6.92 Å². The van der Waals surface area contributed by atoms with Crippen LogP contribution in [0, 0.1) is 12.8 Å². The van der Waals surface area contributed by atoms with Crippen LogP contribution in [0.15, 0.2) is 22.7 Å². The lowest BCUT2D eigenvalue weighted by atomic mass is 9.97. The van der Waals surface area contributed by atoms with Crippen LogP contribution in [-0.2, 0) is 11.2 Å². The van der Waals surface area contributed by atoms with Gasteiger partial charge in [0.05, 0.1) is 51.8 Å². The molecule has 27 heavy (non-hydrogen) atoms. The maximum absolute atomic E-state index is 12.9. The van der Waals surface area contributed by atoms with E-state index in [0.29, 0.717) is 42.4 Å². The summed E-state index contributed by atoms with van der Waals surface area (Å²) in [5.41, 5.74) is 1.20. The Morgan fingerprint density at radius 1 is 1.11 bits per heavy atom. The largest absolute Gasteiger partial charge is 0.496 e. The van der Waals surface area contributed by atoms with Crippen LogP contribution < -0.4 is 19.5 Å². The molecule has 8 heteroatoms. The van der Waals surface area contributed by atoms with Crippen molar-refractivity contribution in [3.05, 3.63) is 35.2 Å². The summed E-state index contributed by atoms with van der Waals surface area (Å²) in [6, 6.07) is 5.00. The molecule has 1 fully saturated rings. The zero-order chi connectivity index (χ0) is 19.4. The number of hydrogen-bond donors (Lipinski definition) is 1. The maximum atomic E-state index is 12.9. The van der Waals surface area contributed by atoms with Crippen molar-refractivity contribution in [1.82, 2.24) is 10.5 Å². The molecule has 0 unspecified atom stereocenters. The minimum Gasteiger partial charge on any atom is -0.496 e. The molecule has 1 aliphatic heterocycles. The van der Waals surface area contributed by atoms with Gasteiger partial charge >= 0.3 is 0 Å². The van der Waals surface area contributed by atoms with E-state index in [1.165, 1.54) is 21.3 Å². The predicted octanol–water partition coefficient (Wildman–Crippen LogP) is 2.00. The smallest absolute Gasteiger partial charge is 0.255 e. The van der Waals surface area contributed by atoms with Crippen LogP contribution in [0.4, 0.5) is 0 Å². The van der Waals surface area contributed by atoms with Gasteiger partial charge in [0.25, 0.3) is 5.91 Å². The molecule has 8 nitrogen and oxygen atoms in total. The lowest BCUT2D eigenvalue weighted by Gasteiger charge is -2.19. The molecule has 0 bridgehead atoms. The summed E-state index contributed by atoms with van der Waals surface area (Å²) in [6.07, 6.45) is 0.648. The normalized spacial score (nSPS) is 19.0. The number of nitrogens with one attached hydrogen (secondary N) is 1. The first-order valence-corrected chi connectivity index (χ1v) is 8.66. The van der Waals surface area contributed by atoms with Crippen LogP contribution >= 0.6 is 0 Å². The van der Waals surface area contributed by atoms with Crippen molar-refractivity contribution in [3.8, 4) is 17.2 Å². The molecule has 1 saturated heterocycles. The fraction of sp³-hybridized carbons (Fsp3) is 0.474. The standard InChI is InChI=1S/C19H24N2O6/c1-11-5-13(27-21-11)6-12-9-26-10-15(12)20-19(22)14-7-17(24-3)18(25-4)8-16(14)23-2/h5,7-8,12,15H,6,9-10H2,1-4H3,(H,20,22)/t12-,15+/m1/s1. The fourth-order valence-electron chi connectivity index (χ4n) is 3.18. The molecule has 0 radical (unpaired) electrons. The van der Waals surface area contributed by atoms with Crippen LogP contribution in [0.3, 0.4) is 0 Å². The number of aryl methyl sites for hydroxylation is 1. The Hall–Kier alpha value is -2.74. The minimum atomic E-state index is -0.262. The third-order valence-corrected chi connectivity index (χ3v) is 4.61. The van der Waals surface area contributed by atoms with E-state index in [1.54, 1.807) is 12.1 Å². The average Bonchev–Trinajstić information content (AvgIpc) is 3.29. The van der Waals surface area contributed by atoms with Crippen molar-refractivity contribution >= 4 is 5.91 Å². The number of carbonyl (C=O) groups excluding carboxylic acids is 1. The Kier molecular flexibility index (Phi) is 5.85. The molecule has 1 aromatic carbocycles. The Balaban J connectivity index is 1.75. The summed E-state index contributed by atoms with van der Waals surface area (Å²) in [5.74, 6) is 1.99. The van der Waals surface area contributed by atoms with Gasteiger partial charge in [0.15, 0.2) is 11.5 Å². The second kappa shape index (κ2) is 8.30. The van der Waals surface area contributed by atoms with Crippen molar-refractivity contribution in [2.75, 3.05) is 34.5 Å². The summed E-state index contributed by atoms with van der Waals surface area (Å²) in [6.45, 7) is 2.87. The summed E-state index contributed by atoms with van der Waals surface area (Å²) in [4.78, 5) is 12.9. The maximum Gasteiger partial charge on any atom is 0.255 e. The van der Waals surface area contributed by atoms with E-state index in [9.17, 15) is 4.79 Å². The van der Waals surface area contributed by atoms with Gasteiger partial charge in [-0.3, -0.25) is 4.79 Å². The monoisotopic (exact) mass is 376 g/mol. The Bertz CT molecular complexity index is 803. The second-order valence-corrected chi connectivity index (χ2v) is 6.42. The third-order valence-electron chi connectivity index (χ3n) is 4.61. The van der Waals surface area contributed by atoms with Crippen LogP contribution in [0.25, 0.3) is 0 Å². The highest BCUT2D eigenvalue weighted by atomic mass is 16.5. The van der Waals surface area contributed by atoms with Gasteiger partial charge in [-0.25, -0.2) is 0 Å². The number of ether oxygens (including phenoxy) is 4. The highest BCUT2D eigenvalue weighted by Crippen LogP contribution is 2.34. The zero-order valence-corrected chi connectivity index (χ0v) is 15.9. The molecule has 0 saturated carbocycles. The van der Waals surface area contributed by atoms with E-state index < -0.39 is 0 Å². The molecule has 1 aromatic heterocycles. The first-order chi connectivity index (χ1) is 13.0. The quantitative estimate of drug-likeness (QED) is 0.790. The highest BCUT2D eigenvalue weighted by molar-refractivity contribution is 5.98. The van der Waals surface area contributed by atoms with Crippen molar-refractivity contribution in [2.45, 2.75) is 19.4 Å². The van der Waals surface area contributed by atoms with E-state index >= 15 is 0 Å². The van der Waals surface area contributed by atoms with Gasteiger partial charge in [0, 0.05) is 30.5 Å². The topological polar surface area (TPSA) is 92.1 Å². The summed E-state index contributed by atoms with van der Waals surface area (Å²) in [7, 11) is 4.56. The number of rotatable bonds is 7. The lowest BCUT2D eigenvalue weighted by Crippen LogP contribution is -2.40. The van der Waals surface area contributed by atoms with Crippen molar-refractivity contribution in [3.63, 3.8) is 0 Å². The van der Waals surface area contributed by atoms with E-state index in [4.69, 9.17) is 23.5 Å². The van der Waals surface area contributed by atoms with Crippen LogP contribution in [0.5, 0.6) is 17.2 Å². The molecule has 3 rings (SSSR count). The molecule has 1 aliphatic rings. The number of methoxy groups -OCH3 is 3. The molecule has 2 aromatic rings. The number of carbonyl (C=O) groups is 1. The summed E-state index contributed by atoms with van der Waals surface area (Å²) >= 11 is 0. The van der Waals surface area contributed by atoms with Gasteiger partial charge in [-0.2, -0.15) is 0 Å². The first kappa shape index (κ1) is 19.0. The molecule has 146 valence electrons. The van der Waals surface area contributed by atoms with Crippen molar-refractivity contribution in [2.24, 2.45) is 5.92 Å². The van der Waals surface area contributed by atoms with E-state index in [2.05, 4.69) is 10.5 Å². The van der Waals surface area contributed by atoms with Crippen LogP contribution in [0.2, 0.25) is 0 Å². The second-order valence-electron chi connectivity index (χ2n) is 6.42. The SMILES string of the molecule is COc1cc(OC)c(C(=O)N[C@H]2COC[C@H]2Cc2cc(C)no2)cc1OC. The molecule has 0 spiro atoms. The fourth-order valence-corrected chi connectivity index (χ4v) is 3.18.